The highest BCUT2D eigenvalue weighted by Gasteiger charge is 2.06. The molecule has 0 unspecified atom stereocenters. The third kappa shape index (κ3) is 1.42. The fourth-order valence-corrected chi connectivity index (χ4v) is 0.960. The van der Waals surface area contributed by atoms with Gasteiger partial charge in [0, 0.05) is 13.1 Å². The lowest BCUT2D eigenvalue weighted by Gasteiger charge is -2.01. The fraction of sp³-hybridized carbons (Fsp3) is 0.167. The van der Waals surface area contributed by atoms with Gasteiger partial charge in [-0.25, -0.2) is 4.79 Å². The number of H-pyrrole nitrogens is 1. The van der Waals surface area contributed by atoms with E-state index in [9.17, 15) is 9.59 Å². The number of carbonyl (C=O) groups is 1. The molecule has 0 bridgehead atoms. The number of carboxylic acids is 1. The minimum absolute atomic E-state index is 0.0971. The number of aromatic amines is 1. The van der Waals surface area contributed by atoms with Gasteiger partial charge in [-0.2, -0.15) is 0 Å². The molecule has 0 aliphatic heterocycles. The molecule has 0 amide bonds. The number of aromatic carboxylic acids is 1. The summed E-state index contributed by atoms with van der Waals surface area (Å²) < 4.78 is 1.32. The molecule has 12 heavy (non-hydrogen) atoms. The number of nitrogens with one attached hydrogen (secondary N) is 1. The summed E-state index contributed by atoms with van der Waals surface area (Å²) in [7, 11) is 1.47. The van der Waals surface area contributed by atoms with Crippen LogP contribution in [0.2, 0.25) is 0 Å². The molecule has 1 aromatic rings. The first-order chi connectivity index (χ1) is 5.52. The summed E-state index contributed by atoms with van der Waals surface area (Å²) in [6.45, 7) is 0. The van der Waals surface area contributed by atoms with Crippen LogP contribution in [0.15, 0.2) is 10.9 Å². The molecule has 64 valence electrons. The monoisotopic (exact) mass is 186 g/mol. The van der Waals surface area contributed by atoms with Crippen LogP contribution in [0.5, 0.6) is 0 Å². The minimum Gasteiger partial charge on any atom is -0.477 e. The van der Waals surface area contributed by atoms with E-state index in [-0.39, 0.29) is 10.5 Å². The predicted octanol–water partition coefficient (Wildman–Crippen LogP) is 0.141. The van der Waals surface area contributed by atoms with Gasteiger partial charge in [-0.05, 0) is 12.2 Å². The van der Waals surface area contributed by atoms with Crippen LogP contribution in [-0.2, 0) is 7.05 Å². The Morgan fingerprint density at radius 2 is 2.33 bits per heavy atom. The number of rotatable bonds is 1. The van der Waals surface area contributed by atoms with E-state index in [0.717, 1.165) is 6.07 Å². The first-order valence-electron chi connectivity index (χ1n) is 3.06. The van der Waals surface area contributed by atoms with Crippen LogP contribution in [0.1, 0.15) is 10.5 Å². The second-order valence-electron chi connectivity index (χ2n) is 2.19. The molecule has 1 heterocycles. The number of aromatic nitrogens is 2. The van der Waals surface area contributed by atoms with Gasteiger partial charge in [0.1, 0.15) is 5.69 Å². The SMILES string of the molecule is Cn1c(C(=O)O)cc(=O)[nH]c1=S. The van der Waals surface area contributed by atoms with Crippen LogP contribution in [0, 0.1) is 4.77 Å². The minimum atomic E-state index is -1.17. The zero-order valence-corrected chi connectivity index (χ0v) is 7.01. The van der Waals surface area contributed by atoms with Crippen molar-refractivity contribution in [1.82, 2.24) is 9.55 Å². The molecule has 0 aromatic carbocycles. The highest BCUT2D eigenvalue weighted by Crippen LogP contribution is 1.93. The van der Waals surface area contributed by atoms with Crippen molar-refractivity contribution in [2.45, 2.75) is 0 Å². The fourth-order valence-electron chi connectivity index (χ4n) is 0.761. The molecule has 2 N–H and O–H groups in total. The molecule has 0 radical (unpaired) electrons. The Bertz CT molecular complexity index is 431. The van der Waals surface area contributed by atoms with Crippen molar-refractivity contribution >= 4 is 18.2 Å². The Morgan fingerprint density at radius 1 is 1.75 bits per heavy atom. The maximum absolute atomic E-state index is 10.8. The Hall–Kier alpha value is -1.43. The molecule has 0 atom stereocenters. The lowest BCUT2D eigenvalue weighted by Crippen LogP contribution is -2.17. The van der Waals surface area contributed by atoms with E-state index in [2.05, 4.69) is 4.98 Å². The quantitative estimate of drug-likeness (QED) is 0.612. The Labute approximate surface area is 72.3 Å². The summed E-state index contributed by atoms with van der Waals surface area (Å²) in [4.78, 5) is 23.6. The standard InChI is InChI=1S/C6H6N2O3S/c1-8-3(5(10)11)2-4(9)7-6(8)12/h2H,1H3,(H,10,11)(H,7,9,12). The molecule has 0 aliphatic rings. The Kier molecular flexibility index (Phi) is 2.09. The Balaban J connectivity index is 3.59. The molecule has 1 aromatic heterocycles. The van der Waals surface area contributed by atoms with Gasteiger partial charge in [0.25, 0.3) is 5.56 Å². The number of nitrogens with zero attached hydrogens (tertiary/aromatic N) is 1. The molecule has 0 saturated carbocycles. The van der Waals surface area contributed by atoms with E-state index >= 15 is 0 Å². The summed E-state index contributed by atoms with van der Waals surface area (Å²) in [5, 5.41) is 8.59. The molecule has 6 heteroatoms. The van der Waals surface area contributed by atoms with Crippen LogP contribution in [0.3, 0.4) is 0 Å². The lowest BCUT2D eigenvalue weighted by molar-refractivity contribution is 0.0684. The first kappa shape index (κ1) is 8.66. The van der Waals surface area contributed by atoms with E-state index in [1.165, 1.54) is 11.6 Å². The first-order valence-corrected chi connectivity index (χ1v) is 3.47. The van der Waals surface area contributed by atoms with E-state index in [4.69, 9.17) is 17.3 Å². The summed E-state index contributed by atoms with van der Waals surface area (Å²) in [5.41, 5.74) is -0.626. The zero-order valence-electron chi connectivity index (χ0n) is 6.20. The van der Waals surface area contributed by atoms with Crippen molar-refractivity contribution in [2.75, 3.05) is 0 Å². The zero-order chi connectivity index (χ0) is 9.30. The van der Waals surface area contributed by atoms with E-state index < -0.39 is 11.5 Å². The highest BCUT2D eigenvalue weighted by atomic mass is 32.1. The van der Waals surface area contributed by atoms with Gasteiger partial charge < -0.3 is 9.67 Å². The van der Waals surface area contributed by atoms with E-state index in [0.29, 0.717) is 0 Å². The van der Waals surface area contributed by atoms with Crippen molar-refractivity contribution in [3.63, 3.8) is 0 Å². The van der Waals surface area contributed by atoms with Crippen LogP contribution in [0.25, 0.3) is 0 Å². The van der Waals surface area contributed by atoms with Gasteiger partial charge in [0.05, 0.1) is 0 Å². The van der Waals surface area contributed by atoms with Gasteiger partial charge in [-0.15, -0.1) is 0 Å². The predicted molar refractivity (Wildman–Crippen MR) is 43.8 cm³/mol. The average Bonchev–Trinajstić information content (AvgIpc) is 1.96. The van der Waals surface area contributed by atoms with Crippen molar-refractivity contribution in [3.8, 4) is 0 Å². The van der Waals surface area contributed by atoms with Crippen molar-refractivity contribution < 1.29 is 9.90 Å². The second kappa shape index (κ2) is 2.90. The molecule has 5 nitrogen and oxygen atoms in total. The topological polar surface area (TPSA) is 75.1 Å². The van der Waals surface area contributed by atoms with E-state index in [1.54, 1.807) is 0 Å². The van der Waals surface area contributed by atoms with Crippen LogP contribution in [0.4, 0.5) is 0 Å². The Morgan fingerprint density at radius 3 is 2.83 bits per heavy atom. The average molecular weight is 186 g/mol. The van der Waals surface area contributed by atoms with Gasteiger partial charge in [0.2, 0.25) is 0 Å². The summed E-state index contributed by atoms with van der Waals surface area (Å²) >= 11 is 4.69. The summed E-state index contributed by atoms with van der Waals surface area (Å²) in [5.74, 6) is -1.17. The summed E-state index contributed by atoms with van der Waals surface area (Å²) in [6.07, 6.45) is 0. The molecule has 0 spiro atoms. The highest BCUT2D eigenvalue weighted by molar-refractivity contribution is 7.71. The smallest absolute Gasteiger partial charge is 0.352 e. The number of hydrogen-bond acceptors (Lipinski definition) is 3. The van der Waals surface area contributed by atoms with Gasteiger partial charge in [0.15, 0.2) is 4.77 Å². The van der Waals surface area contributed by atoms with Gasteiger partial charge >= 0.3 is 5.97 Å². The molecule has 0 fully saturated rings. The van der Waals surface area contributed by atoms with Gasteiger partial charge in [-0.3, -0.25) is 9.78 Å². The van der Waals surface area contributed by atoms with Crippen molar-refractivity contribution in [2.24, 2.45) is 7.05 Å². The molecule has 0 saturated heterocycles. The third-order valence-corrected chi connectivity index (χ3v) is 1.76. The second-order valence-corrected chi connectivity index (χ2v) is 2.57. The summed E-state index contributed by atoms with van der Waals surface area (Å²) in [6, 6.07) is 0.984. The molecular formula is C6H6N2O3S. The van der Waals surface area contributed by atoms with Crippen LogP contribution >= 0.6 is 12.2 Å². The molecule has 0 aliphatic carbocycles. The maximum Gasteiger partial charge on any atom is 0.352 e. The van der Waals surface area contributed by atoms with Crippen molar-refractivity contribution in [3.05, 3.63) is 26.9 Å². The third-order valence-electron chi connectivity index (χ3n) is 1.38. The van der Waals surface area contributed by atoms with Crippen LogP contribution in [-0.4, -0.2) is 20.6 Å². The van der Waals surface area contributed by atoms with Crippen molar-refractivity contribution in [1.29, 1.82) is 0 Å². The van der Waals surface area contributed by atoms with Crippen LogP contribution < -0.4 is 5.56 Å². The van der Waals surface area contributed by atoms with E-state index in [1.807, 2.05) is 0 Å². The normalized spacial score (nSPS) is 9.75. The molecular weight excluding hydrogens is 180 g/mol. The lowest BCUT2D eigenvalue weighted by atomic mass is 10.4. The maximum atomic E-state index is 10.8. The largest absolute Gasteiger partial charge is 0.477 e. The number of carboxylic acid groups (broad SMARTS) is 1. The van der Waals surface area contributed by atoms with Gasteiger partial charge in [-0.1, -0.05) is 0 Å². The number of hydrogen-bond donors (Lipinski definition) is 2. The molecule has 1 rings (SSSR count).